The third kappa shape index (κ3) is 5.24. The molecule has 1 fully saturated rings. The number of thiophene rings is 1. The highest BCUT2D eigenvalue weighted by molar-refractivity contribution is 7.91. The summed E-state index contributed by atoms with van der Waals surface area (Å²) in [6.07, 6.45) is 0. The summed E-state index contributed by atoms with van der Waals surface area (Å²) in [5.41, 5.74) is 2.71. The molecule has 0 unspecified atom stereocenters. The van der Waals surface area contributed by atoms with E-state index in [0.717, 1.165) is 39.7 Å². The Bertz CT molecular complexity index is 1600. The maximum absolute atomic E-state index is 13.7. The predicted octanol–water partition coefficient (Wildman–Crippen LogP) is 3.55. The van der Waals surface area contributed by atoms with E-state index in [1.165, 1.54) is 22.4 Å². The minimum atomic E-state index is -3.93. The number of nitrogens with one attached hydrogen (secondary N) is 2. The number of carbonyl (C=O) groups excluding carboxylic acids is 2. The number of amides is 3. The molecule has 0 radical (unpaired) electrons. The highest BCUT2D eigenvalue weighted by Crippen LogP contribution is 2.31. The van der Waals surface area contributed by atoms with Gasteiger partial charge in [0.2, 0.25) is 5.91 Å². The molecule has 1 aliphatic heterocycles. The fourth-order valence-electron chi connectivity index (χ4n) is 5.05. The van der Waals surface area contributed by atoms with Gasteiger partial charge in [0, 0.05) is 67.3 Å². The van der Waals surface area contributed by atoms with Crippen LogP contribution in [-0.2, 0) is 26.1 Å². The van der Waals surface area contributed by atoms with Crippen LogP contribution in [0.4, 0.5) is 10.5 Å². The van der Waals surface area contributed by atoms with Crippen LogP contribution < -0.4 is 10.6 Å². The maximum atomic E-state index is 13.7. The number of rotatable bonds is 8. The summed E-state index contributed by atoms with van der Waals surface area (Å²) in [5.74, 6) is -0.497. The molecule has 39 heavy (non-hydrogen) atoms. The molecular weight excluding hydrogens is 538 g/mol. The van der Waals surface area contributed by atoms with Gasteiger partial charge in [0.15, 0.2) is 0 Å². The zero-order valence-corrected chi connectivity index (χ0v) is 23.4. The molecule has 206 valence electrons. The number of nitrogens with zero attached hydrogens (tertiary/aromatic N) is 3. The molecule has 3 heterocycles. The summed E-state index contributed by atoms with van der Waals surface area (Å²) >= 11 is 1.10. The second-order valence-electron chi connectivity index (χ2n) is 9.22. The molecule has 2 N–H and O–H groups in total. The predicted molar refractivity (Wildman–Crippen MR) is 153 cm³/mol. The Morgan fingerprint density at radius 1 is 1.05 bits per heavy atom. The first-order chi connectivity index (χ1) is 18.8. The number of aromatic nitrogens is 1. The number of aryl methyl sites for hydroxylation is 1. The van der Waals surface area contributed by atoms with Crippen LogP contribution in [-0.4, -0.2) is 80.1 Å². The second-order valence-corrected chi connectivity index (χ2v) is 12.3. The van der Waals surface area contributed by atoms with E-state index < -0.39 is 22.0 Å². The maximum Gasteiger partial charge on any atom is 0.317 e. The van der Waals surface area contributed by atoms with Crippen LogP contribution in [0.5, 0.6) is 0 Å². The number of anilines is 1. The quantitative estimate of drug-likeness (QED) is 0.315. The Morgan fingerprint density at radius 2 is 1.85 bits per heavy atom. The van der Waals surface area contributed by atoms with Gasteiger partial charge in [0.25, 0.3) is 10.0 Å². The number of hydrogen-bond acceptors (Lipinski definition) is 6. The first-order valence-electron chi connectivity index (χ1n) is 12.7. The number of methoxy groups -OCH3 is 1. The molecule has 2 aromatic carbocycles. The Kier molecular flexibility index (Phi) is 7.89. The summed E-state index contributed by atoms with van der Waals surface area (Å²) in [6.45, 7) is 3.63. The van der Waals surface area contributed by atoms with Gasteiger partial charge in [-0.2, -0.15) is 4.31 Å². The first kappa shape index (κ1) is 27.1. The van der Waals surface area contributed by atoms with Crippen molar-refractivity contribution in [3.63, 3.8) is 0 Å². The van der Waals surface area contributed by atoms with E-state index in [1.54, 1.807) is 11.4 Å². The number of piperazine rings is 1. The monoisotopic (exact) mass is 569 g/mol. The smallest absolute Gasteiger partial charge is 0.317 e. The summed E-state index contributed by atoms with van der Waals surface area (Å²) in [7, 11) is -2.39. The van der Waals surface area contributed by atoms with Crippen LogP contribution >= 0.6 is 11.3 Å². The molecule has 3 amide bonds. The average molecular weight is 570 g/mol. The SMILES string of the molecule is CCn1c2ccccc2c2cc(NC(=O)[C@@H]3CN(C(=O)NCCOC)CCN3S(=O)(=O)c3cccs3)ccc21. The van der Waals surface area contributed by atoms with Gasteiger partial charge in [-0.25, -0.2) is 13.2 Å². The van der Waals surface area contributed by atoms with E-state index in [4.69, 9.17) is 4.74 Å². The number of para-hydroxylation sites is 1. The molecule has 1 saturated heterocycles. The fraction of sp³-hybridized carbons (Fsp3) is 0.333. The number of urea groups is 1. The fourth-order valence-corrected chi connectivity index (χ4v) is 7.74. The molecule has 1 atom stereocenters. The van der Waals surface area contributed by atoms with Crippen LogP contribution in [0, 0.1) is 0 Å². The number of carbonyl (C=O) groups is 2. The lowest BCUT2D eigenvalue weighted by Crippen LogP contribution is -2.61. The van der Waals surface area contributed by atoms with Crippen molar-refractivity contribution in [3.8, 4) is 0 Å². The van der Waals surface area contributed by atoms with Crippen molar-refractivity contribution in [2.24, 2.45) is 0 Å². The Hall–Kier alpha value is -3.45. The van der Waals surface area contributed by atoms with E-state index in [9.17, 15) is 18.0 Å². The van der Waals surface area contributed by atoms with Crippen molar-refractivity contribution in [2.75, 3.05) is 45.2 Å². The lowest BCUT2D eigenvalue weighted by Gasteiger charge is -2.39. The van der Waals surface area contributed by atoms with E-state index in [0.29, 0.717) is 18.8 Å². The van der Waals surface area contributed by atoms with Crippen molar-refractivity contribution < 1.29 is 22.7 Å². The number of hydrogen-bond donors (Lipinski definition) is 2. The molecule has 1 aliphatic rings. The first-order valence-corrected chi connectivity index (χ1v) is 15.1. The second kappa shape index (κ2) is 11.3. The van der Waals surface area contributed by atoms with Crippen LogP contribution in [0.15, 0.2) is 64.2 Å². The third-order valence-electron chi connectivity index (χ3n) is 6.92. The standard InChI is InChI=1S/C27H31N5O5S2/c1-3-31-22-8-5-4-7-20(22)21-17-19(10-11-23(21)31)29-26(33)24-18-30(27(34)28-12-15-37-2)13-14-32(24)39(35,36)25-9-6-16-38-25/h4-11,16-17,24H,3,12-15,18H2,1-2H3,(H,28,34)(H,29,33)/t24-/m0/s1. The topological polar surface area (TPSA) is 113 Å². The minimum absolute atomic E-state index is 0.000951. The van der Waals surface area contributed by atoms with Crippen LogP contribution in [0.25, 0.3) is 21.8 Å². The normalized spacial score (nSPS) is 16.6. The number of sulfonamides is 1. The molecule has 12 heteroatoms. The molecule has 0 bridgehead atoms. The van der Waals surface area contributed by atoms with Crippen molar-refractivity contribution in [2.45, 2.75) is 23.7 Å². The molecular formula is C27H31N5O5S2. The van der Waals surface area contributed by atoms with Gasteiger partial charge in [-0.3, -0.25) is 4.79 Å². The van der Waals surface area contributed by atoms with Gasteiger partial charge in [-0.1, -0.05) is 24.3 Å². The molecule has 5 rings (SSSR count). The summed E-state index contributed by atoms with van der Waals surface area (Å²) in [5, 5.41) is 9.43. The van der Waals surface area contributed by atoms with Crippen molar-refractivity contribution in [3.05, 3.63) is 60.0 Å². The summed E-state index contributed by atoms with van der Waals surface area (Å²) in [6, 6.07) is 15.5. The zero-order chi connectivity index (χ0) is 27.6. The zero-order valence-electron chi connectivity index (χ0n) is 21.8. The highest BCUT2D eigenvalue weighted by atomic mass is 32.2. The van der Waals surface area contributed by atoms with Crippen molar-refractivity contribution in [1.82, 2.24) is 19.1 Å². The van der Waals surface area contributed by atoms with E-state index in [-0.39, 0.29) is 29.9 Å². The van der Waals surface area contributed by atoms with Crippen LogP contribution in [0.2, 0.25) is 0 Å². The largest absolute Gasteiger partial charge is 0.383 e. The van der Waals surface area contributed by atoms with Gasteiger partial charge in [0.05, 0.1) is 6.61 Å². The van der Waals surface area contributed by atoms with Crippen molar-refractivity contribution >= 4 is 60.8 Å². The van der Waals surface area contributed by atoms with E-state index >= 15 is 0 Å². The van der Waals surface area contributed by atoms with Crippen LogP contribution in [0.1, 0.15) is 6.92 Å². The molecule has 10 nitrogen and oxygen atoms in total. The number of benzene rings is 2. The van der Waals surface area contributed by atoms with Gasteiger partial charge in [-0.15, -0.1) is 11.3 Å². The average Bonchev–Trinajstić information content (AvgIpc) is 3.60. The van der Waals surface area contributed by atoms with Gasteiger partial charge >= 0.3 is 6.03 Å². The minimum Gasteiger partial charge on any atom is -0.383 e. The lowest BCUT2D eigenvalue weighted by molar-refractivity contribution is -0.121. The molecule has 0 saturated carbocycles. The molecule has 2 aromatic heterocycles. The third-order valence-corrected chi connectivity index (χ3v) is 10.2. The van der Waals surface area contributed by atoms with E-state index in [2.05, 4.69) is 28.2 Å². The van der Waals surface area contributed by atoms with Crippen LogP contribution in [0.3, 0.4) is 0 Å². The molecule has 0 spiro atoms. The van der Waals surface area contributed by atoms with Crippen molar-refractivity contribution in [1.29, 1.82) is 0 Å². The van der Waals surface area contributed by atoms with E-state index in [1.807, 2.05) is 36.4 Å². The molecule has 4 aromatic rings. The lowest BCUT2D eigenvalue weighted by atomic mass is 10.1. The summed E-state index contributed by atoms with van der Waals surface area (Å²) < 4.78 is 35.5. The Morgan fingerprint density at radius 3 is 2.59 bits per heavy atom. The highest BCUT2D eigenvalue weighted by Gasteiger charge is 2.41. The number of ether oxygens (including phenoxy) is 1. The van der Waals surface area contributed by atoms with Gasteiger partial charge in [-0.05, 0) is 42.6 Å². The number of fused-ring (bicyclic) bond motifs is 3. The Labute approximate surface area is 231 Å². The van der Waals surface area contributed by atoms with Gasteiger partial charge < -0.3 is 24.8 Å². The van der Waals surface area contributed by atoms with Gasteiger partial charge in [0.1, 0.15) is 10.3 Å². The summed E-state index contributed by atoms with van der Waals surface area (Å²) in [4.78, 5) is 27.9. The Balaban J connectivity index is 1.44. The molecule has 0 aliphatic carbocycles.